The number of aryl methyl sites for hydroxylation is 2. The number of hydrogen-bond acceptors (Lipinski definition) is 2. The number of amides is 1. The molecule has 3 nitrogen and oxygen atoms in total. The first-order valence-electron chi connectivity index (χ1n) is 7.28. The zero-order valence-corrected chi connectivity index (χ0v) is 12.4. The Bertz CT molecular complexity index is 402. The number of nitrogens with one attached hydrogen (secondary N) is 2. The van der Waals surface area contributed by atoms with Crippen molar-refractivity contribution >= 4 is 11.6 Å². The molecule has 0 saturated carbocycles. The zero-order valence-electron chi connectivity index (χ0n) is 12.4. The predicted molar refractivity (Wildman–Crippen MR) is 81.6 cm³/mol. The van der Waals surface area contributed by atoms with Crippen molar-refractivity contribution in [1.29, 1.82) is 0 Å². The summed E-state index contributed by atoms with van der Waals surface area (Å²) in [5.74, 6) is 0.0707. The maximum atomic E-state index is 11.7. The van der Waals surface area contributed by atoms with Gasteiger partial charge in [0.15, 0.2) is 0 Å². The summed E-state index contributed by atoms with van der Waals surface area (Å²) in [4.78, 5) is 11.7. The molecule has 0 atom stereocenters. The first-order chi connectivity index (χ1) is 9.19. The molecule has 0 unspecified atom stereocenters. The van der Waals surface area contributed by atoms with E-state index >= 15 is 0 Å². The van der Waals surface area contributed by atoms with Gasteiger partial charge in [-0.1, -0.05) is 44.9 Å². The summed E-state index contributed by atoms with van der Waals surface area (Å²) in [7, 11) is 0. The quantitative estimate of drug-likeness (QED) is 0.706. The molecular formula is C16H26N2O. The number of carbonyl (C=O) groups excluding carboxylic acids is 1. The lowest BCUT2D eigenvalue weighted by Gasteiger charge is -2.13. The summed E-state index contributed by atoms with van der Waals surface area (Å²) in [6.07, 6.45) is 4.39. The average Bonchev–Trinajstić information content (AvgIpc) is 2.42. The van der Waals surface area contributed by atoms with Crippen LogP contribution in [0.2, 0.25) is 0 Å². The Kier molecular flexibility index (Phi) is 7.01. The van der Waals surface area contributed by atoms with Gasteiger partial charge in [-0.3, -0.25) is 4.79 Å². The normalized spacial score (nSPS) is 10.3. The molecule has 1 amide bonds. The summed E-state index contributed by atoms with van der Waals surface area (Å²) in [5.41, 5.74) is 3.56. The van der Waals surface area contributed by atoms with Crippen molar-refractivity contribution in [2.75, 3.05) is 18.4 Å². The fourth-order valence-electron chi connectivity index (χ4n) is 2.11. The Morgan fingerprint density at radius 2 is 2.00 bits per heavy atom. The molecular weight excluding hydrogens is 236 g/mol. The minimum atomic E-state index is 0.0707. The number of carbonyl (C=O) groups is 1. The van der Waals surface area contributed by atoms with E-state index in [1.165, 1.54) is 24.0 Å². The number of rotatable bonds is 8. The van der Waals surface area contributed by atoms with Gasteiger partial charge in [0, 0.05) is 12.2 Å². The Balaban J connectivity index is 2.42. The van der Waals surface area contributed by atoms with Gasteiger partial charge in [0.25, 0.3) is 0 Å². The van der Waals surface area contributed by atoms with E-state index in [2.05, 4.69) is 49.6 Å². The molecule has 2 N–H and O–H groups in total. The van der Waals surface area contributed by atoms with Crippen molar-refractivity contribution in [3.63, 3.8) is 0 Å². The molecule has 0 aliphatic rings. The van der Waals surface area contributed by atoms with Gasteiger partial charge in [-0.25, -0.2) is 0 Å². The maximum Gasteiger partial charge on any atom is 0.239 e. The van der Waals surface area contributed by atoms with Crippen LogP contribution >= 0.6 is 0 Å². The lowest BCUT2D eigenvalue weighted by molar-refractivity contribution is -0.119. The van der Waals surface area contributed by atoms with Gasteiger partial charge >= 0.3 is 0 Å². The number of para-hydroxylation sites is 1. The van der Waals surface area contributed by atoms with E-state index in [0.717, 1.165) is 25.1 Å². The summed E-state index contributed by atoms with van der Waals surface area (Å²) < 4.78 is 0. The van der Waals surface area contributed by atoms with Gasteiger partial charge in [-0.2, -0.15) is 0 Å². The second-order valence-electron chi connectivity index (χ2n) is 4.87. The molecule has 0 saturated heterocycles. The fraction of sp³-hybridized carbons (Fsp3) is 0.562. The van der Waals surface area contributed by atoms with Crippen LogP contribution in [0.15, 0.2) is 18.2 Å². The van der Waals surface area contributed by atoms with Gasteiger partial charge in [0.1, 0.15) is 0 Å². The first kappa shape index (κ1) is 15.5. The molecule has 1 rings (SSSR count). The third-order valence-electron chi connectivity index (χ3n) is 3.27. The van der Waals surface area contributed by atoms with E-state index in [1.54, 1.807) is 0 Å². The van der Waals surface area contributed by atoms with Crippen LogP contribution in [0.25, 0.3) is 0 Å². The Labute approximate surface area is 116 Å². The second-order valence-corrected chi connectivity index (χ2v) is 4.87. The topological polar surface area (TPSA) is 41.1 Å². The third kappa shape index (κ3) is 5.33. The molecule has 0 fully saturated rings. The first-order valence-corrected chi connectivity index (χ1v) is 7.28. The molecule has 3 heteroatoms. The van der Waals surface area contributed by atoms with Crippen molar-refractivity contribution in [2.24, 2.45) is 0 Å². The predicted octanol–water partition coefficient (Wildman–Crippen LogP) is 3.28. The summed E-state index contributed by atoms with van der Waals surface area (Å²) in [5, 5.41) is 6.20. The number of hydrogen-bond donors (Lipinski definition) is 2. The van der Waals surface area contributed by atoms with Crippen molar-refractivity contribution in [1.82, 2.24) is 5.32 Å². The molecule has 1 aromatic rings. The maximum absolute atomic E-state index is 11.7. The second kappa shape index (κ2) is 8.57. The number of benzene rings is 1. The fourth-order valence-corrected chi connectivity index (χ4v) is 2.11. The number of unbranched alkanes of at least 4 members (excludes halogenated alkanes) is 2. The molecule has 19 heavy (non-hydrogen) atoms. The third-order valence-corrected chi connectivity index (χ3v) is 3.27. The lowest BCUT2D eigenvalue weighted by atomic mass is 10.1. The Morgan fingerprint density at radius 1 is 1.21 bits per heavy atom. The highest BCUT2D eigenvalue weighted by Gasteiger charge is 2.06. The lowest BCUT2D eigenvalue weighted by Crippen LogP contribution is -2.30. The summed E-state index contributed by atoms with van der Waals surface area (Å²) >= 11 is 0. The van der Waals surface area contributed by atoms with Crippen LogP contribution in [0, 0.1) is 6.92 Å². The minimum Gasteiger partial charge on any atom is -0.376 e. The monoisotopic (exact) mass is 262 g/mol. The Morgan fingerprint density at radius 3 is 2.68 bits per heavy atom. The Hall–Kier alpha value is -1.51. The van der Waals surface area contributed by atoms with Crippen LogP contribution in [0.5, 0.6) is 0 Å². The molecule has 0 aromatic heterocycles. The molecule has 0 radical (unpaired) electrons. The van der Waals surface area contributed by atoms with Gasteiger partial charge in [0.2, 0.25) is 5.91 Å². The van der Waals surface area contributed by atoms with Crippen molar-refractivity contribution in [3.8, 4) is 0 Å². The van der Waals surface area contributed by atoms with Crippen LogP contribution in [0.1, 0.15) is 44.2 Å². The standard InChI is InChI=1S/C16H26N2O/c1-4-6-7-11-17-15(19)12-18-16-13(3)9-8-10-14(16)5-2/h8-10,18H,4-7,11-12H2,1-3H3,(H,17,19). The van der Waals surface area contributed by atoms with E-state index in [9.17, 15) is 4.79 Å². The van der Waals surface area contributed by atoms with Crippen LogP contribution in [0.3, 0.4) is 0 Å². The highest BCUT2D eigenvalue weighted by molar-refractivity contribution is 5.81. The highest BCUT2D eigenvalue weighted by atomic mass is 16.1. The van der Waals surface area contributed by atoms with E-state index in [-0.39, 0.29) is 5.91 Å². The van der Waals surface area contributed by atoms with E-state index in [0.29, 0.717) is 6.54 Å². The molecule has 106 valence electrons. The van der Waals surface area contributed by atoms with Crippen molar-refractivity contribution in [2.45, 2.75) is 46.5 Å². The molecule has 0 spiro atoms. The minimum absolute atomic E-state index is 0.0707. The zero-order chi connectivity index (χ0) is 14.1. The van der Waals surface area contributed by atoms with Crippen molar-refractivity contribution < 1.29 is 4.79 Å². The summed E-state index contributed by atoms with van der Waals surface area (Å²) in [6, 6.07) is 6.24. The molecule has 0 heterocycles. The van der Waals surface area contributed by atoms with Crippen molar-refractivity contribution in [3.05, 3.63) is 29.3 Å². The molecule has 1 aromatic carbocycles. The van der Waals surface area contributed by atoms with E-state index in [1.807, 2.05) is 0 Å². The van der Waals surface area contributed by atoms with Crippen LogP contribution in [0.4, 0.5) is 5.69 Å². The van der Waals surface area contributed by atoms with Crippen LogP contribution in [-0.2, 0) is 11.2 Å². The molecule has 0 bridgehead atoms. The largest absolute Gasteiger partial charge is 0.376 e. The van der Waals surface area contributed by atoms with Crippen LogP contribution in [-0.4, -0.2) is 19.0 Å². The van der Waals surface area contributed by atoms with Gasteiger partial charge in [-0.15, -0.1) is 0 Å². The average molecular weight is 262 g/mol. The SMILES string of the molecule is CCCCCNC(=O)CNc1c(C)cccc1CC. The van der Waals surface area contributed by atoms with Crippen LogP contribution < -0.4 is 10.6 Å². The summed E-state index contributed by atoms with van der Waals surface area (Å²) in [6.45, 7) is 7.49. The van der Waals surface area contributed by atoms with Gasteiger partial charge in [0.05, 0.1) is 6.54 Å². The molecule has 0 aliphatic carbocycles. The van der Waals surface area contributed by atoms with E-state index in [4.69, 9.17) is 0 Å². The van der Waals surface area contributed by atoms with Gasteiger partial charge < -0.3 is 10.6 Å². The highest BCUT2D eigenvalue weighted by Crippen LogP contribution is 2.20. The molecule has 0 aliphatic heterocycles. The smallest absolute Gasteiger partial charge is 0.239 e. The number of anilines is 1. The van der Waals surface area contributed by atoms with Gasteiger partial charge in [-0.05, 0) is 30.9 Å². The van der Waals surface area contributed by atoms with E-state index < -0.39 is 0 Å².